The number of benzene rings is 3. The fourth-order valence-corrected chi connectivity index (χ4v) is 3.56. The van der Waals surface area contributed by atoms with Crippen molar-refractivity contribution in [3.63, 3.8) is 0 Å². The van der Waals surface area contributed by atoms with Crippen LogP contribution in [0.4, 0.5) is 10.1 Å². The van der Waals surface area contributed by atoms with Crippen molar-refractivity contribution < 1.29 is 18.9 Å². The maximum Gasteiger partial charge on any atom is 0.305 e. The molecule has 0 radical (unpaired) electrons. The highest BCUT2D eigenvalue weighted by atomic mass is 19.1. The Morgan fingerprint density at radius 1 is 1.03 bits per heavy atom. The van der Waals surface area contributed by atoms with E-state index in [0.717, 1.165) is 12.1 Å². The SMILES string of the molecule is CC(C(=O)N[C@H](Cc1ccc(F)c([N+](=O)[O-])c1)C(N)=O)(c1ccccc1)c1ccccc1. The van der Waals surface area contributed by atoms with Crippen LogP contribution in [0.1, 0.15) is 23.6 Å². The number of nitro benzene ring substituents is 1. The number of halogens is 1. The molecule has 3 aromatic carbocycles. The first kappa shape index (κ1) is 22.6. The van der Waals surface area contributed by atoms with Gasteiger partial charge in [0.2, 0.25) is 17.6 Å². The lowest BCUT2D eigenvalue weighted by Crippen LogP contribution is -2.52. The van der Waals surface area contributed by atoms with Crippen LogP contribution < -0.4 is 11.1 Å². The van der Waals surface area contributed by atoms with E-state index < -0.39 is 39.7 Å². The highest BCUT2D eigenvalue weighted by molar-refractivity contribution is 5.95. The number of hydrogen-bond acceptors (Lipinski definition) is 4. The van der Waals surface area contributed by atoms with Gasteiger partial charge in [0.15, 0.2) is 0 Å². The van der Waals surface area contributed by atoms with Crippen LogP contribution in [0.25, 0.3) is 0 Å². The van der Waals surface area contributed by atoms with Gasteiger partial charge in [0.1, 0.15) is 6.04 Å². The van der Waals surface area contributed by atoms with Crippen LogP contribution in [0, 0.1) is 15.9 Å². The van der Waals surface area contributed by atoms with Gasteiger partial charge in [0.25, 0.3) is 0 Å². The summed E-state index contributed by atoms with van der Waals surface area (Å²) in [4.78, 5) is 35.8. The van der Waals surface area contributed by atoms with E-state index in [-0.39, 0.29) is 6.42 Å². The molecule has 0 aliphatic carbocycles. The smallest absolute Gasteiger partial charge is 0.305 e. The number of carbonyl (C=O) groups excluding carboxylic acids is 2. The van der Waals surface area contributed by atoms with Crippen LogP contribution in [0.2, 0.25) is 0 Å². The van der Waals surface area contributed by atoms with E-state index >= 15 is 0 Å². The average molecular weight is 435 g/mol. The van der Waals surface area contributed by atoms with Crippen LogP contribution in [0.5, 0.6) is 0 Å². The van der Waals surface area contributed by atoms with Crippen LogP contribution in [-0.4, -0.2) is 22.8 Å². The molecule has 0 aromatic heterocycles. The summed E-state index contributed by atoms with van der Waals surface area (Å²) in [6, 6.07) is 20.3. The molecule has 0 aliphatic heterocycles. The highest BCUT2D eigenvalue weighted by Gasteiger charge is 2.38. The first-order chi connectivity index (χ1) is 15.2. The fraction of sp³-hybridized carbons (Fsp3) is 0.167. The zero-order chi connectivity index (χ0) is 23.3. The zero-order valence-corrected chi connectivity index (χ0v) is 17.3. The molecule has 0 saturated heterocycles. The Kier molecular flexibility index (Phi) is 6.63. The molecule has 0 heterocycles. The average Bonchev–Trinajstić information content (AvgIpc) is 2.80. The van der Waals surface area contributed by atoms with Gasteiger partial charge in [-0.15, -0.1) is 0 Å². The third-order valence-electron chi connectivity index (χ3n) is 5.45. The summed E-state index contributed by atoms with van der Waals surface area (Å²) < 4.78 is 13.7. The van der Waals surface area contributed by atoms with E-state index in [4.69, 9.17) is 5.73 Å². The molecule has 164 valence electrons. The zero-order valence-electron chi connectivity index (χ0n) is 17.3. The fourth-order valence-electron chi connectivity index (χ4n) is 3.56. The number of rotatable bonds is 8. The second-order valence-electron chi connectivity index (χ2n) is 7.53. The molecule has 0 fully saturated rings. The van der Waals surface area contributed by atoms with Crippen molar-refractivity contribution in [3.05, 3.63) is 111 Å². The van der Waals surface area contributed by atoms with E-state index in [0.29, 0.717) is 16.7 Å². The van der Waals surface area contributed by atoms with Gasteiger partial charge in [-0.2, -0.15) is 4.39 Å². The van der Waals surface area contributed by atoms with Gasteiger partial charge < -0.3 is 11.1 Å². The minimum atomic E-state index is -1.15. The summed E-state index contributed by atoms with van der Waals surface area (Å²) in [6.07, 6.45) is -0.123. The molecular formula is C24H22FN3O4. The topological polar surface area (TPSA) is 115 Å². The number of nitrogens with two attached hydrogens (primary N) is 1. The molecule has 3 rings (SSSR count). The number of amides is 2. The summed E-state index contributed by atoms with van der Waals surface area (Å²) in [5.74, 6) is -2.26. The van der Waals surface area contributed by atoms with Crippen LogP contribution in [0.15, 0.2) is 78.9 Å². The van der Waals surface area contributed by atoms with E-state index in [1.165, 1.54) is 6.07 Å². The van der Waals surface area contributed by atoms with Gasteiger partial charge in [-0.3, -0.25) is 19.7 Å². The molecular weight excluding hydrogens is 413 g/mol. The molecule has 0 spiro atoms. The van der Waals surface area contributed by atoms with Crippen LogP contribution >= 0.6 is 0 Å². The lowest BCUT2D eigenvalue weighted by atomic mass is 9.75. The minimum absolute atomic E-state index is 0.123. The van der Waals surface area contributed by atoms with E-state index in [9.17, 15) is 24.1 Å². The third kappa shape index (κ3) is 4.64. The predicted molar refractivity (Wildman–Crippen MR) is 117 cm³/mol. The molecule has 0 saturated carbocycles. The second kappa shape index (κ2) is 9.38. The predicted octanol–water partition coefficient (Wildman–Crippen LogP) is 3.25. The Morgan fingerprint density at radius 2 is 1.56 bits per heavy atom. The van der Waals surface area contributed by atoms with Crippen molar-refractivity contribution in [1.82, 2.24) is 5.32 Å². The molecule has 8 heteroatoms. The van der Waals surface area contributed by atoms with Gasteiger partial charge in [-0.05, 0) is 29.7 Å². The molecule has 7 nitrogen and oxygen atoms in total. The third-order valence-corrected chi connectivity index (χ3v) is 5.45. The number of primary amides is 1. The first-order valence-corrected chi connectivity index (χ1v) is 9.87. The van der Waals surface area contributed by atoms with E-state index in [1.54, 1.807) is 6.92 Å². The van der Waals surface area contributed by atoms with Crippen molar-refractivity contribution in [1.29, 1.82) is 0 Å². The first-order valence-electron chi connectivity index (χ1n) is 9.87. The number of hydrogen-bond donors (Lipinski definition) is 2. The lowest BCUT2D eigenvalue weighted by Gasteiger charge is -2.31. The van der Waals surface area contributed by atoms with Crippen molar-refractivity contribution >= 4 is 17.5 Å². The maximum absolute atomic E-state index is 13.7. The van der Waals surface area contributed by atoms with Crippen molar-refractivity contribution in [2.45, 2.75) is 24.8 Å². The van der Waals surface area contributed by atoms with Gasteiger partial charge in [0.05, 0.1) is 10.3 Å². The van der Waals surface area contributed by atoms with Gasteiger partial charge >= 0.3 is 5.69 Å². The summed E-state index contributed by atoms with van der Waals surface area (Å²) in [5, 5.41) is 13.7. The van der Waals surface area contributed by atoms with Crippen LogP contribution in [0.3, 0.4) is 0 Å². The van der Waals surface area contributed by atoms with Crippen molar-refractivity contribution in [3.8, 4) is 0 Å². The molecule has 3 N–H and O–H groups in total. The number of nitro groups is 1. The Morgan fingerprint density at radius 3 is 2.03 bits per heavy atom. The molecule has 3 aromatic rings. The largest absolute Gasteiger partial charge is 0.368 e. The standard InChI is InChI=1S/C24H22FN3O4/c1-24(17-8-4-2-5-9-17,18-10-6-3-7-11-18)23(30)27-20(22(26)29)14-16-12-13-19(25)21(15-16)28(31)32/h2-13,15,20H,14H2,1H3,(H2,26,29)(H,27,30)/t20-/m1/s1. The van der Waals surface area contributed by atoms with Crippen molar-refractivity contribution in [2.75, 3.05) is 0 Å². The van der Waals surface area contributed by atoms with Gasteiger partial charge in [-0.1, -0.05) is 66.7 Å². The lowest BCUT2D eigenvalue weighted by molar-refractivity contribution is -0.387. The molecule has 2 amide bonds. The Bertz CT molecular complexity index is 1100. The quantitative estimate of drug-likeness (QED) is 0.417. The Hall–Kier alpha value is -4.07. The summed E-state index contributed by atoms with van der Waals surface area (Å²) in [5.41, 5.74) is 5.39. The van der Waals surface area contributed by atoms with E-state index in [2.05, 4.69) is 5.32 Å². The molecule has 1 atom stereocenters. The van der Waals surface area contributed by atoms with E-state index in [1.807, 2.05) is 60.7 Å². The maximum atomic E-state index is 13.7. The molecule has 0 unspecified atom stereocenters. The summed E-state index contributed by atoms with van der Waals surface area (Å²) in [7, 11) is 0. The number of carbonyl (C=O) groups is 2. The Labute approximate surface area is 184 Å². The molecule has 0 bridgehead atoms. The number of nitrogens with one attached hydrogen (secondary N) is 1. The summed E-state index contributed by atoms with van der Waals surface area (Å²) in [6.45, 7) is 1.74. The summed E-state index contributed by atoms with van der Waals surface area (Å²) >= 11 is 0. The van der Waals surface area contributed by atoms with Gasteiger partial charge in [-0.25, -0.2) is 0 Å². The molecule has 32 heavy (non-hydrogen) atoms. The minimum Gasteiger partial charge on any atom is -0.368 e. The number of nitrogens with zero attached hydrogens (tertiary/aromatic N) is 1. The van der Waals surface area contributed by atoms with Gasteiger partial charge in [0, 0.05) is 12.5 Å². The monoisotopic (exact) mass is 435 g/mol. The van der Waals surface area contributed by atoms with Crippen LogP contribution in [-0.2, 0) is 21.4 Å². The normalized spacial score (nSPS) is 12.1. The van der Waals surface area contributed by atoms with Crippen molar-refractivity contribution in [2.24, 2.45) is 5.73 Å². The second-order valence-corrected chi connectivity index (χ2v) is 7.53. The molecule has 0 aliphatic rings. The highest BCUT2D eigenvalue weighted by Crippen LogP contribution is 2.32. The Balaban J connectivity index is 1.94.